The maximum absolute atomic E-state index is 5.76. The Morgan fingerprint density at radius 2 is 1.93 bits per heavy atom. The SMILES string of the molecule is COCC1CCN(C(C)(C)CN)CC1. The van der Waals surface area contributed by atoms with Crippen LogP contribution in [0.25, 0.3) is 0 Å². The summed E-state index contributed by atoms with van der Waals surface area (Å²) in [6.07, 6.45) is 2.49. The number of hydrogen-bond acceptors (Lipinski definition) is 3. The van der Waals surface area contributed by atoms with Crippen molar-refractivity contribution >= 4 is 0 Å². The van der Waals surface area contributed by atoms with Crippen molar-refractivity contribution < 1.29 is 4.74 Å². The van der Waals surface area contributed by atoms with Crippen LogP contribution in [-0.4, -0.2) is 43.8 Å². The predicted molar refractivity (Wildman–Crippen MR) is 59.3 cm³/mol. The Balaban J connectivity index is 2.35. The molecule has 0 atom stereocenters. The van der Waals surface area contributed by atoms with E-state index in [1.807, 2.05) is 0 Å². The fourth-order valence-electron chi connectivity index (χ4n) is 2.07. The van der Waals surface area contributed by atoms with Crippen LogP contribution in [0.4, 0.5) is 0 Å². The Kier molecular flexibility index (Phi) is 4.35. The van der Waals surface area contributed by atoms with Gasteiger partial charge in [-0.15, -0.1) is 0 Å². The largest absolute Gasteiger partial charge is 0.384 e. The number of nitrogens with two attached hydrogens (primary N) is 1. The van der Waals surface area contributed by atoms with E-state index in [9.17, 15) is 0 Å². The highest BCUT2D eigenvalue weighted by atomic mass is 16.5. The summed E-state index contributed by atoms with van der Waals surface area (Å²) in [5.74, 6) is 0.754. The molecule has 1 saturated heterocycles. The van der Waals surface area contributed by atoms with Gasteiger partial charge in [0.1, 0.15) is 0 Å². The molecule has 1 fully saturated rings. The van der Waals surface area contributed by atoms with Crippen LogP contribution >= 0.6 is 0 Å². The number of rotatable bonds is 4. The zero-order valence-electron chi connectivity index (χ0n) is 9.75. The van der Waals surface area contributed by atoms with Crippen molar-refractivity contribution in [2.45, 2.75) is 32.2 Å². The van der Waals surface area contributed by atoms with E-state index in [2.05, 4.69) is 18.7 Å². The molecule has 0 aromatic rings. The van der Waals surface area contributed by atoms with Crippen LogP contribution in [0.3, 0.4) is 0 Å². The Bertz CT molecular complexity index is 163. The Hall–Kier alpha value is -0.120. The molecule has 0 radical (unpaired) electrons. The third-order valence-electron chi connectivity index (χ3n) is 3.37. The van der Waals surface area contributed by atoms with E-state index < -0.39 is 0 Å². The van der Waals surface area contributed by atoms with Gasteiger partial charge < -0.3 is 10.5 Å². The van der Waals surface area contributed by atoms with Gasteiger partial charge in [-0.25, -0.2) is 0 Å². The first kappa shape index (κ1) is 12.0. The first-order valence-electron chi connectivity index (χ1n) is 5.54. The number of methoxy groups -OCH3 is 1. The highest BCUT2D eigenvalue weighted by molar-refractivity contribution is 4.85. The van der Waals surface area contributed by atoms with E-state index in [1.54, 1.807) is 7.11 Å². The summed E-state index contributed by atoms with van der Waals surface area (Å²) in [4.78, 5) is 2.50. The smallest absolute Gasteiger partial charge is 0.0491 e. The minimum atomic E-state index is 0.165. The lowest BCUT2D eigenvalue weighted by Gasteiger charge is -2.42. The number of nitrogens with zero attached hydrogens (tertiary/aromatic N) is 1. The zero-order valence-corrected chi connectivity index (χ0v) is 9.75. The summed E-state index contributed by atoms with van der Waals surface area (Å²) in [7, 11) is 1.79. The molecule has 0 spiro atoms. The van der Waals surface area contributed by atoms with Gasteiger partial charge in [0.05, 0.1) is 0 Å². The summed E-state index contributed by atoms with van der Waals surface area (Å²) in [5.41, 5.74) is 5.93. The maximum Gasteiger partial charge on any atom is 0.0491 e. The molecule has 0 bridgehead atoms. The van der Waals surface area contributed by atoms with E-state index in [-0.39, 0.29) is 5.54 Å². The van der Waals surface area contributed by atoms with E-state index in [0.29, 0.717) is 0 Å². The first-order chi connectivity index (χ1) is 6.60. The van der Waals surface area contributed by atoms with Gasteiger partial charge in [0.15, 0.2) is 0 Å². The molecule has 3 heteroatoms. The lowest BCUT2D eigenvalue weighted by atomic mass is 9.93. The fourth-order valence-corrected chi connectivity index (χ4v) is 2.07. The predicted octanol–water partition coefficient (Wildman–Crippen LogP) is 1.08. The Morgan fingerprint density at radius 3 is 2.36 bits per heavy atom. The molecule has 2 N–H and O–H groups in total. The first-order valence-corrected chi connectivity index (χ1v) is 5.54. The van der Waals surface area contributed by atoms with Crippen molar-refractivity contribution in [3.8, 4) is 0 Å². The van der Waals surface area contributed by atoms with E-state index in [0.717, 1.165) is 32.2 Å². The molecule has 1 heterocycles. The maximum atomic E-state index is 5.76. The molecule has 0 unspecified atom stereocenters. The monoisotopic (exact) mass is 200 g/mol. The molecular weight excluding hydrogens is 176 g/mol. The zero-order chi connectivity index (χ0) is 10.6. The lowest BCUT2D eigenvalue weighted by Crippen LogP contribution is -2.52. The van der Waals surface area contributed by atoms with Crippen LogP contribution in [0.1, 0.15) is 26.7 Å². The van der Waals surface area contributed by atoms with Gasteiger partial charge in [0.2, 0.25) is 0 Å². The van der Waals surface area contributed by atoms with Crippen molar-refractivity contribution in [3.63, 3.8) is 0 Å². The van der Waals surface area contributed by atoms with Crippen molar-refractivity contribution in [2.24, 2.45) is 11.7 Å². The van der Waals surface area contributed by atoms with Crippen molar-refractivity contribution in [3.05, 3.63) is 0 Å². The standard InChI is InChI=1S/C11H24N2O/c1-11(2,9-12)13-6-4-10(5-7-13)8-14-3/h10H,4-9,12H2,1-3H3. The van der Waals surface area contributed by atoms with E-state index in [4.69, 9.17) is 10.5 Å². The molecule has 0 aromatic carbocycles. The van der Waals surface area contributed by atoms with Gasteiger partial charge in [0.25, 0.3) is 0 Å². The van der Waals surface area contributed by atoms with E-state index in [1.165, 1.54) is 12.8 Å². The van der Waals surface area contributed by atoms with Crippen LogP contribution in [0.2, 0.25) is 0 Å². The minimum Gasteiger partial charge on any atom is -0.384 e. The molecule has 3 nitrogen and oxygen atoms in total. The second kappa shape index (κ2) is 5.10. The molecule has 0 aromatic heterocycles. The molecule has 1 aliphatic heterocycles. The molecule has 1 rings (SSSR count). The fraction of sp³-hybridized carbons (Fsp3) is 1.00. The number of piperidine rings is 1. The summed E-state index contributed by atoms with van der Waals surface area (Å²) < 4.78 is 5.19. The van der Waals surface area contributed by atoms with Crippen molar-refractivity contribution in [2.75, 3.05) is 33.4 Å². The lowest BCUT2D eigenvalue weighted by molar-refractivity contribution is 0.0512. The van der Waals surface area contributed by atoms with Gasteiger partial charge in [0, 0.05) is 25.8 Å². The van der Waals surface area contributed by atoms with Gasteiger partial charge in [-0.3, -0.25) is 4.90 Å². The molecular formula is C11H24N2O. The molecule has 0 amide bonds. The van der Waals surface area contributed by atoms with Gasteiger partial charge in [-0.1, -0.05) is 0 Å². The molecule has 84 valence electrons. The molecule has 0 saturated carbocycles. The van der Waals surface area contributed by atoms with Crippen LogP contribution in [0, 0.1) is 5.92 Å². The average molecular weight is 200 g/mol. The number of likely N-dealkylation sites (tertiary alicyclic amines) is 1. The average Bonchev–Trinajstić information content (AvgIpc) is 2.19. The summed E-state index contributed by atoms with van der Waals surface area (Å²) in [6, 6.07) is 0. The van der Waals surface area contributed by atoms with Crippen molar-refractivity contribution in [1.82, 2.24) is 4.90 Å². The minimum absolute atomic E-state index is 0.165. The third-order valence-corrected chi connectivity index (χ3v) is 3.37. The summed E-state index contributed by atoms with van der Waals surface area (Å²) >= 11 is 0. The van der Waals surface area contributed by atoms with Gasteiger partial charge >= 0.3 is 0 Å². The van der Waals surface area contributed by atoms with Crippen LogP contribution in [-0.2, 0) is 4.74 Å². The molecule has 14 heavy (non-hydrogen) atoms. The highest BCUT2D eigenvalue weighted by Gasteiger charge is 2.29. The van der Waals surface area contributed by atoms with E-state index >= 15 is 0 Å². The summed E-state index contributed by atoms with van der Waals surface area (Å²) in [5, 5.41) is 0. The highest BCUT2D eigenvalue weighted by Crippen LogP contribution is 2.23. The van der Waals surface area contributed by atoms with Crippen LogP contribution in [0.15, 0.2) is 0 Å². The van der Waals surface area contributed by atoms with Crippen LogP contribution < -0.4 is 5.73 Å². The Labute approximate surface area is 87.6 Å². The normalized spacial score (nSPS) is 21.4. The van der Waals surface area contributed by atoms with Crippen LogP contribution in [0.5, 0.6) is 0 Å². The number of hydrogen-bond donors (Lipinski definition) is 1. The Morgan fingerprint density at radius 1 is 1.36 bits per heavy atom. The topological polar surface area (TPSA) is 38.5 Å². The van der Waals surface area contributed by atoms with Gasteiger partial charge in [-0.05, 0) is 45.7 Å². The van der Waals surface area contributed by atoms with Crippen molar-refractivity contribution in [1.29, 1.82) is 0 Å². The quantitative estimate of drug-likeness (QED) is 0.738. The third kappa shape index (κ3) is 2.94. The second-order valence-corrected chi connectivity index (χ2v) is 4.90. The summed E-state index contributed by atoms with van der Waals surface area (Å²) in [6.45, 7) is 8.43. The molecule has 1 aliphatic rings. The van der Waals surface area contributed by atoms with Gasteiger partial charge in [-0.2, -0.15) is 0 Å². The number of ether oxygens (including phenoxy) is 1. The second-order valence-electron chi connectivity index (χ2n) is 4.90. The molecule has 0 aliphatic carbocycles.